The summed E-state index contributed by atoms with van der Waals surface area (Å²) in [6.07, 6.45) is 3.68. The van der Waals surface area contributed by atoms with Crippen molar-refractivity contribution in [2.75, 3.05) is 33.6 Å². The molecule has 1 aliphatic carbocycles. The van der Waals surface area contributed by atoms with Crippen LogP contribution in [-0.4, -0.2) is 33.6 Å². The van der Waals surface area contributed by atoms with Gasteiger partial charge in [-0.15, -0.1) is 0 Å². The first-order valence-corrected chi connectivity index (χ1v) is 7.79. The van der Waals surface area contributed by atoms with Crippen molar-refractivity contribution in [3.8, 4) is 11.5 Å². The second kappa shape index (κ2) is 6.24. The predicted molar refractivity (Wildman–Crippen MR) is 81.8 cm³/mol. The van der Waals surface area contributed by atoms with E-state index in [1.807, 2.05) is 6.07 Å². The van der Waals surface area contributed by atoms with Gasteiger partial charge in [-0.25, -0.2) is 0 Å². The molecular formula is C17H25NO3. The van der Waals surface area contributed by atoms with Gasteiger partial charge in [0, 0.05) is 13.7 Å². The summed E-state index contributed by atoms with van der Waals surface area (Å²) in [5.74, 6) is 2.58. The summed E-state index contributed by atoms with van der Waals surface area (Å²) in [4.78, 5) is 0. The summed E-state index contributed by atoms with van der Waals surface area (Å²) in [6, 6.07) is 6.31. The van der Waals surface area contributed by atoms with Crippen LogP contribution in [0.2, 0.25) is 0 Å². The van der Waals surface area contributed by atoms with Crippen LogP contribution >= 0.6 is 0 Å². The van der Waals surface area contributed by atoms with Crippen LogP contribution in [0.5, 0.6) is 11.5 Å². The molecule has 1 fully saturated rings. The van der Waals surface area contributed by atoms with Crippen molar-refractivity contribution in [3.05, 3.63) is 23.8 Å². The minimum Gasteiger partial charge on any atom is -0.454 e. The molecule has 116 valence electrons. The van der Waals surface area contributed by atoms with Gasteiger partial charge in [0.2, 0.25) is 6.79 Å². The summed E-state index contributed by atoms with van der Waals surface area (Å²) in [5.41, 5.74) is 1.84. The van der Waals surface area contributed by atoms with Crippen LogP contribution in [0.4, 0.5) is 0 Å². The van der Waals surface area contributed by atoms with Crippen LogP contribution in [0, 0.1) is 11.3 Å². The number of hydrogen-bond donors (Lipinski definition) is 1. The van der Waals surface area contributed by atoms with Crippen LogP contribution < -0.4 is 14.8 Å². The first kappa shape index (κ1) is 14.7. The van der Waals surface area contributed by atoms with E-state index in [-0.39, 0.29) is 0 Å². The second-order valence-electron chi connectivity index (χ2n) is 6.44. The van der Waals surface area contributed by atoms with Crippen molar-refractivity contribution < 1.29 is 14.2 Å². The van der Waals surface area contributed by atoms with E-state index < -0.39 is 0 Å². The summed E-state index contributed by atoms with van der Waals surface area (Å²) < 4.78 is 15.8. The van der Waals surface area contributed by atoms with Gasteiger partial charge in [0.1, 0.15) is 0 Å². The predicted octanol–water partition coefficient (Wildman–Crippen LogP) is 2.61. The number of rotatable bonds is 8. The lowest BCUT2D eigenvalue weighted by molar-refractivity contribution is 0.174. The molecule has 1 aliphatic heterocycles. The largest absolute Gasteiger partial charge is 0.454 e. The monoisotopic (exact) mass is 291 g/mol. The molecule has 2 unspecified atom stereocenters. The molecule has 2 atom stereocenters. The maximum absolute atomic E-state index is 5.44. The van der Waals surface area contributed by atoms with Gasteiger partial charge in [-0.1, -0.05) is 13.0 Å². The van der Waals surface area contributed by atoms with Crippen LogP contribution in [-0.2, 0) is 11.2 Å². The van der Waals surface area contributed by atoms with Crippen LogP contribution in [0.3, 0.4) is 0 Å². The van der Waals surface area contributed by atoms with E-state index in [4.69, 9.17) is 14.2 Å². The minimum absolute atomic E-state index is 0.353. The van der Waals surface area contributed by atoms with Gasteiger partial charge in [-0.05, 0) is 54.8 Å². The van der Waals surface area contributed by atoms with E-state index in [2.05, 4.69) is 24.4 Å². The molecule has 1 aromatic carbocycles. The Morgan fingerprint density at radius 1 is 1.33 bits per heavy atom. The molecule has 3 rings (SSSR count). The van der Waals surface area contributed by atoms with Gasteiger partial charge < -0.3 is 19.5 Å². The summed E-state index contributed by atoms with van der Waals surface area (Å²) in [7, 11) is 1.74. The molecule has 0 spiro atoms. The van der Waals surface area contributed by atoms with Gasteiger partial charge in [0.05, 0.1) is 6.61 Å². The number of aryl methyl sites for hydroxylation is 1. The smallest absolute Gasteiger partial charge is 0.231 e. The Morgan fingerprint density at radius 3 is 3.05 bits per heavy atom. The number of benzene rings is 1. The Labute approximate surface area is 126 Å². The van der Waals surface area contributed by atoms with Crippen LogP contribution in [0.25, 0.3) is 0 Å². The summed E-state index contributed by atoms with van der Waals surface area (Å²) in [6.45, 7) is 5.61. The van der Waals surface area contributed by atoms with E-state index in [1.54, 1.807) is 7.11 Å². The highest BCUT2D eigenvalue weighted by atomic mass is 16.7. The molecule has 0 bridgehead atoms. The average molecular weight is 291 g/mol. The molecule has 0 aromatic heterocycles. The fourth-order valence-electron chi connectivity index (χ4n) is 3.11. The molecule has 0 radical (unpaired) electrons. The van der Waals surface area contributed by atoms with E-state index in [0.29, 0.717) is 12.2 Å². The van der Waals surface area contributed by atoms with Crippen molar-refractivity contribution in [2.45, 2.75) is 26.2 Å². The Kier molecular flexibility index (Phi) is 4.36. The highest BCUT2D eigenvalue weighted by Gasteiger charge is 2.48. The topological polar surface area (TPSA) is 39.7 Å². The number of nitrogens with one attached hydrogen (secondary N) is 1. The Bertz CT molecular complexity index is 491. The normalized spacial score (nSPS) is 26.1. The summed E-state index contributed by atoms with van der Waals surface area (Å²) >= 11 is 0. The highest BCUT2D eigenvalue weighted by Crippen LogP contribution is 2.55. The third-order valence-corrected chi connectivity index (χ3v) is 4.83. The first-order chi connectivity index (χ1) is 10.2. The fraction of sp³-hybridized carbons (Fsp3) is 0.647. The molecule has 1 saturated carbocycles. The molecule has 1 heterocycles. The van der Waals surface area contributed by atoms with Crippen molar-refractivity contribution in [3.63, 3.8) is 0 Å². The highest BCUT2D eigenvalue weighted by molar-refractivity contribution is 5.44. The number of fused-ring (bicyclic) bond motifs is 1. The van der Waals surface area contributed by atoms with E-state index >= 15 is 0 Å². The zero-order valence-corrected chi connectivity index (χ0v) is 13.0. The van der Waals surface area contributed by atoms with Crippen LogP contribution in [0.15, 0.2) is 18.2 Å². The molecule has 0 amide bonds. The zero-order valence-electron chi connectivity index (χ0n) is 13.0. The van der Waals surface area contributed by atoms with Gasteiger partial charge in [-0.3, -0.25) is 0 Å². The average Bonchev–Trinajstić information content (AvgIpc) is 2.93. The summed E-state index contributed by atoms with van der Waals surface area (Å²) in [5, 5.41) is 3.47. The van der Waals surface area contributed by atoms with Gasteiger partial charge >= 0.3 is 0 Å². The van der Waals surface area contributed by atoms with Crippen molar-refractivity contribution in [2.24, 2.45) is 11.3 Å². The first-order valence-electron chi connectivity index (χ1n) is 7.79. The Hall–Kier alpha value is -1.26. The second-order valence-corrected chi connectivity index (χ2v) is 6.44. The fourth-order valence-corrected chi connectivity index (χ4v) is 3.11. The Balaban J connectivity index is 1.43. The standard InChI is InChI=1S/C17H25NO3/c1-17(10-14(17)11-18-7-8-19-2)6-5-13-3-4-15-16(9-13)21-12-20-15/h3-4,9,14,18H,5-8,10-12H2,1-2H3. The zero-order chi connectivity index (χ0) is 14.7. The van der Waals surface area contributed by atoms with Gasteiger partial charge in [0.25, 0.3) is 0 Å². The molecular weight excluding hydrogens is 266 g/mol. The van der Waals surface area contributed by atoms with Gasteiger partial charge in [-0.2, -0.15) is 0 Å². The maximum Gasteiger partial charge on any atom is 0.231 e. The third-order valence-electron chi connectivity index (χ3n) is 4.83. The van der Waals surface area contributed by atoms with Gasteiger partial charge in [0.15, 0.2) is 11.5 Å². The molecule has 2 aliphatic rings. The molecule has 1 aromatic rings. The molecule has 21 heavy (non-hydrogen) atoms. The van der Waals surface area contributed by atoms with Crippen molar-refractivity contribution >= 4 is 0 Å². The van der Waals surface area contributed by atoms with Crippen molar-refractivity contribution in [1.29, 1.82) is 0 Å². The maximum atomic E-state index is 5.44. The lowest BCUT2D eigenvalue weighted by atomic mass is 9.96. The SMILES string of the molecule is COCCNCC1CC1(C)CCc1ccc2c(c1)OCO2. The van der Waals surface area contributed by atoms with Crippen molar-refractivity contribution in [1.82, 2.24) is 5.32 Å². The lowest BCUT2D eigenvalue weighted by Crippen LogP contribution is -2.23. The minimum atomic E-state index is 0.353. The van der Waals surface area contributed by atoms with E-state index in [9.17, 15) is 0 Å². The quantitative estimate of drug-likeness (QED) is 0.747. The van der Waals surface area contributed by atoms with Crippen LogP contribution in [0.1, 0.15) is 25.3 Å². The third kappa shape index (κ3) is 3.50. The molecule has 4 heteroatoms. The Morgan fingerprint density at radius 2 is 2.19 bits per heavy atom. The molecule has 1 N–H and O–H groups in total. The van der Waals surface area contributed by atoms with E-state index in [0.717, 1.165) is 43.5 Å². The lowest BCUT2D eigenvalue weighted by Gasteiger charge is -2.12. The number of ether oxygens (including phenoxy) is 3. The number of methoxy groups -OCH3 is 1. The molecule has 4 nitrogen and oxygen atoms in total. The van der Waals surface area contributed by atoms with E-state index in [1.165, 1.54) is 18.4 Å². The molecule has 0 saturated heterocycles. The number of hydrogen-bond acceptors (Lipinski definition) is 4.